The predicted molar refractivity (Wildman–Crippen MR) is 121 cm³/mol. The fourth-order valence-corrected chi connectivity index (χ4v) is 3.10. The third-order valence-corrected chi connectivity index (χ3v) is 5.04. The average Bonchev–Trinajstić information content (AvgIpc) is 2.66. The summed E-state index contributed by atoms with van der Waals surface area (Å²) in [4.78, 5) is 25.0. The van der Waals surface area contributed by atoms with Crippen molar-refractivity contribution in [3.05, 3.63) is 58.1 Å². The number of hydrogen-bond donors (Lipinski definition) is 2. The molecule has 0 saturated carbocycles. The van der Waals surface area contributed by atoms with Crippen molar-refractivity contribution in [3.8, 4) is 5.75 Å². The molecule has 0 aliphatic rings. The lowest BCUT2D eigenvalue weighted by Gasteiger charge is -2.23. The van der Waals surface area contributed by atoms with E-state index in [4.69, 9.17) is 4.74 Å². The quantitative estimate of drug-likeness (QED) is 0.589. The summed E-state index contributed by atoms with van der Waals surface area (Å²) in [5.41, 5.74) is 1.78. The summed E-state index contributed by atoms with van der Waals surface area (Å²) in [7, 11) is 0. The van der Waals surface area contributed by atoms with E-state index in [2.05, 4.69) is 47.3 Å². The molecule has 1 unspecified atom stereocenters. The normalized spacial score (nSPS) is 12.2. The number of carbonyl (C=O) groups excluding carboxylic acids is 2. The first-order valence-electron chi connectivity index (χ1n) is 9.74. The van der Waals surface area contributed by atoms with Gasteiger partial charge in [0.2, 0.25) is 0 Å². The zero-order chi connectivity index (χ0) is 21.6. The molecule has 6 heteroatoms. The van der Waals surface area contributed by atoms with E-state index < -0.39 is 0 Å². The lowest BCUT2D eigenvalue weighted by Crippen LogP contribution is -2.33. The maximum Gasteiger partial charge on any atom is 0.262 e. The molecule has 0 aromatic heterocycles. The van der Waals surface area contributed by atoms with E-state index in [1.165, 1.54) is 0 Å². The molecular formula is C23H29BrN2O3. The molecule has 2 aromatic rings. The van der Waals surface area contributed by atoms with Crippen molar-refractivity contribution in [1.82, 2.24) is 5.32 Å². The Kier molecular flexibility index (Phi) is 7.85. The zero-order valence-electron chi connectivity index (χ0n) is 17.6. The number of ether oxygens (including phenoxy) is 1. The topological polar surface area (TPSA) is 67.4 Å². The highest BCUT2D eigenvalue weighted by atomic mass is 79.9. The van der Waals surface area contributed by atoms with Crippen LogP contribution in [0.15, 0.2) is 46.9 Å². The minimum absolute atomic E-state index is 0.0582. The van der Waals surface area contributed by atoms with Gasteiger partial charge in [-0.25, -0.2) is 0 Å². The van der Waals surface area contributed by atoms with Gasteiger partial charge in [0.15, 0.2) is 6.61 Å². The maximum absolute atomic E-state index is 12.5. The molecule has 0 radical (unpaired) electrons. The van der Waals surface area contributed by atoms with Gasteiger partial charge >= 0.3 is 0 Å². The van der Waals surface area contributed by atoms with Crippen LogP contribution in [0, 0.1) is 0 Å². The fourth-order valence-electron chi connectivity index (χ4n) is 2.74. The lowest BCUT2D eigenvalue weighted by atomic mass is 9.86. The number of hydrogen-bond acceptors (Lipinski definition) is 3. The van der Waals surface area contributed by atoms with E-state index in [0.29, 0.717) is 17.0 Å². The largest absolute Gasteiger partial charge is 0.483 e. The van der Waals surface area contributed by atoms with Crippen LogP contribution < -0.4 is 15.4 Å². The Morgan fingerprint density at radius 3 is 2.48 bits per heavy atom. The number of para-hydroxylation sites is 1. The van der Waals surface area contributed by atoms with Crippen molar-refractivity contribution < 1.29 is 14.3 Å². The first-order chi connectivity index (χ1) is 13.6. The lowest BCUT2D eigenvalue weighted by molar-refractivity contribution is -0.118. The minimum atomic E-state index is -0.323. The second-order valence-corrected chi connectivity index (χ2v) is 8.97. The maximum atomic E-state index is 12.5. The highest BCUT2D eigenvalue weighted by molar-refractivity contribution is 9.10. The van der Waals surface area contributed by atoms with Gasteiger partial charge in [0.25, 0.3) is 11.8 Å². The average molecular weight is 461 g/mol. The SMILES string of the molecule is CCC(C)NC(=O)c1ccccc1NC(=O)COc1ccc(Br)cc1C(C)(C)C. The molecule has 1 atom stereocenters. The van der Waals surface area contributed by atoms with Crippen LogP contribution in [0.25, 0.3) is 0 Å². The number of anilines is 1. The van der Waals surface area contributed by atoms with Crippen molar-refractivity contribution >= 4 is 33.4 Å². The molecule has 0 spiro atoms. The summed E-state index contributed by atoms with van der Waals surface area (Å²) in [5.74, 6) is 0.134. The molecule has 5 nitrogen and oxygen atoms in total. The van der Waals surface area contributed by atoms with E-state index in [1.807, 2.05) is 32.0 Å². The van der Waals surface area contributed by atoms with Crippen LogP contribution in [0.1, 0.15) is 57.0 Å². The van der Waals surface area contributed by atoms with Crippen molar-refractivity contribution in [2.75, 3.05) is 11.9 Å². The van der Waals surface area contributed by atoms with Crippen LogP contribution in [0.2, 0.25) is 0 Å². The molecule has 0 aliphatic heterocycles. The highest BCUT2D eigenvalue weighted by Crippen LogP contribution is 2.33. The molecule has 0 aliphatic carbocycles. The first-order valence-corrected chi connectivity index (χ1v) is 10.5. The Bertz CT molecular complexity index is 875. The van der Waals surface area contributed by atoms with E-state index in [0.717, 1.165) is 16.5 Å². The summed E-state index contributed by atoms with van der Waals surface area (Å²) in [6.45, 7) is 10.1. The van der Waals surface area contributed by atoms with Gasteiger partial charge < -0.3 is 15.4 Å². The smallest absolute Gasteiger partial charge is 0.262 e. The Morgan fingerprint density at radius 2 is 1.83 bits per heavy atom. The Balaban J connectivity index is 2.09. The van der Waals surface area contributed by atoms with Crippen molar-refractivity contribution in [2.24, 2.45) is 0 Å². The Labute approximate surface area is 181 Å². The predicted octanol–water partition coefficient (Wildman–Crippen LogP) is 5.29. The Hall–Kier alpha value is -2.34. The van der Waals surface area contributed by atoms with Gasteiger partial charge in [-0.15, -0.1) is 0 Å². The first kappa shape index (κ1) is 22.9. The van der Waals surface area contributed by atoms with E-state index in [9.17, 15) is 9.59 Å². The van der Waals surface area contributed by atoms with Gasteiger partial charge in [0.05, 0.1) is 11.3 Å². The van der Waals surface area contributed by atoms with Crippen LogP contribution in [0.5, 0.6) is 5.75 Å². The number of nitrogens with one attached hydrogen (secondary N) is 2. The number of rotatable bonds is 7. The molecule has 2 rings (SSSR count). The highest BCUT2D eigenvalue weighted by Gasteiger charge is 2.20. The number of benzene rings is 2. The molecule has 0 saturated heterocycles. The molecule has 0 heterocycles. The van der Waals surface area contributed by atoms with Gasteiger partial charge in [-0.3, -0.25) is 9.59 Å². The van der Waals surface area contributed by atoms with Crippen LogP contribution >= 0.6 is 15.9 Å². The molecule has 2 amide bonds. The third-order valence-electron chi connectivity index (χ3n) is 4.54. The second kappa shape index (κ2) is 9.92. The molecule has 0 bridgehead atoms. The second-order valence-electron chi connectivity index (χ2n) is 8.06. The van der Waals surface area contributed by atoms with Crippen molar-refractivity contribution in [1.29, 1.82) is 0 Å². The summed E-state index contributed by atoms with van der Waals surface area (Å²) in [6.07, 6.45) is 0.831. The summed E-state index contributed by atoms with van der Waals surface area (Å²) in [6, 6.07) is 12.8. The third kappa shape index (κ3) is 6.60. The minimum Gasteiger partial charge on any atom is -0.483 e. The molecule has 156 valence electrons. The van der Waals surface area contributed by atoms with Crippen LogP contribution in [0.3, 0.4) is 0 Å². The van der Waals surface area contributed by atoms with Crippen LogP contribution in [-0.4, -0.2) is 24.5 Å². The van der Waals surface area contributed by atoms with Crippen molar-refractivity contribution in [3.63, 3.8) is 0 Å². The van der Waals surface area contributed by atoms with E-state index >= 15 is 0 Å². The molecule has 0 fully saturated rings. The summed E-state index contributed by atoms with van der Waals surface area (Å²) < 4.78 is 6.76. The molecule has 2 N–H and O–H groups in total. The number of carbonyl (C=O) groups is 2. The molecule has 2 aromatic carbocycles. The van der Waals surface area contributed by atoms with E-state index in [-0.39, 0.29) is 29.9 Å². The zero-order valence-corrected chi connectivity index (χ0v) is 19.2. The van der Waals surface area contributed by atoms with Gasteiger partial charge in [0.1, 0.15) is 5.75 Å². The van der Waals surface area contributed by atoms with Crippen LogP contribution in [0.4, 0.5) is 5.69 Å². The molecule has 29 heavy (non-hydrogen) atoms. The molecular weight excluding hydrogens is 432 g/mol. The summed E-state index contributed by atoms with van der Waals surface area (Å²) >= 11 is 3.48. The van der Waals surface area contributed by atoms with Crippen LogP contribution in [-0.2, 0) is 10.2 Å². The van der Waals surface area contributed by atoms with E-state index in [1.54, 1.807) is 24.3 Å². The monoisotopic (exact) mass is 460 g/mol. The van der Waals surface area contributed by atoms with Crippen molar-refractivity contribution in [2.45, 2.75) is 52.5 Å². The van der Waals surface area contributed by atoms with Gasteiger partial charge in [-0.2, -0.15) is 0 Å². The Morgan fingerprint density at radius 1 is 1.14 bits per heavy atom. The van der Waals surface area contributed by atoms with Gasteiger partial charge in [-0.05, 0) is 49.1 Å². The van der Waals surface area contributed by atoms with Gasteiger partial charge in [0, 0.05) is 16.1 Å². The van der Waals surface area contributed by atoms with Gasteiger partial charge in [-0.1, -0.05) is 55.8 Å². The summed E-state index contributed by atoms with van der Waals surface area (Å²) in [5, 5.41) is 5.71. The number of halogens is 1. The number of amides is 2. The standard InChI is InChI=1S/C23H29BrN2O3/c1-6-15(2)25-22(28)17-9-7-8-10-19(17)26-21(27)14-29-20-12-11-16(24)13-18(20)23(3,4)5/h7-13,15H,6,14H2,1-5H3,(H,25,28)(H,26,27). The fraction of sp³-hybridized carbons (Fsp3) is 0.391.